The average molecular weight is 221 g/mol. The van der Waals surface area contributed by atoms with E-state index < -0.39 is 0 Å². The maximum absolute atomic E-state index is 3.56. The van der Waals surface area contributed by atoms with Crippen LogP contribution in [0.4, 0.5) is 0 Å². The lowest BCUT2D eigenvalue weighted by Gasteiger charge is -2.15. The number of thiophene rings is 1. The number of rotatable bonds is 5. The fraction of sp³-hybridized carbons (Fsp3) is 0.538. The summed E-state index contributed by atoms with van der Waals surface area (Å²) in [5.41, 5.74) is 1.38. The lowest BCUT2D eigenvalue weighted by atomic mass is 10.1. The third-order valence-electron chi connectivity index (χ3n) is 2.34. The molecule has 1 unspecified atom stereocenters. The van der Waals surface area contributed by atoms with Gasteiger partial charge in [0, 0.05) is 11.3 Å². The molecule has 0 fully saturated rings. The van der Waals surface area contributed by atoms with E-state index in [4.69, 9.17) is 0 Å². The molecular formula is C13H19NS. The first kappa shape index (κ1) is 12.3. The second-order valence-electron chi connectivity index (χ2n) is 3.61. The zero-order valence-corrected chi connectivity index (χ0v) is 10.6. The normalized spacial score (nSPS) is 11.9. The molecule has 2 heteroatoms. The molecule has 1 aromatic heterocycles. The number of hydrogen-bond acceptors (Lipinski definition) is 2. The largest absolute Gasteiger partial charge is 0.308 e. The van der Waals surface area contributed by atoms with Crippen molar-refractivity contribution < 1.29 is 0 Å². The molecule has 82 valence electrons. The Kier molecular flexibility index (Phi) is 5.45. The van der Waals surface area contributed by atoms with Gasteiger partial charge in [-0.25, -0.2) is 0 Å². The average Bonchev–Trinajstić information content (AvgIpc) is 2.65. The van der Waals surface area contributed by atoms with Crippen molar-refractivity contribution in [1.82, 2.24) is 5.32 Å². The first-order chi connectivity index (χ1) is 7.29. The smallest absolute Gasteiger partial charge is 0.0528 e. The van der Waals surface area contributed by atoms with Crippen molar-refractivity contribution in [3.63, 3.8) is 0 Å². The van der Waals surface area contributed by atoms with Gasteiger partial charge in [0.05, 0.1) is 6.04 Å². The monoisotopic (exact) mass is 221 g/mol. The summed E-state index contributed by atoms with van der Waals surface area (Å²) in [6.07, 6.45) is 2.08. The summed E-state index contributed by atoms with van der Waals surface area (Å²) in [4.78, 5) is 1.44. The summed E-state index contributed by atoms with van der Waals surface area (Å²) < 4.78 is 0. The Morgan fingerprint density at radius 3 is 2.87 bits per heavy atom. The lowest BCUT2D eigenvalue weighted by Crippen LogP contribution is -2.21. The molecule has 15 heavy (non-hydrogen) atoms. The van der Waals surface area contributed by atoms with Crippen molar-refractivity contribution >= 4 is 11.3 Å². The summed E-state index contributed by atoms with van der Waals surface area (Å²) in [6.45, 7) is 7.33. The molecule has 0 aliphatic carbocycles. The SMILES string of the molecule is CC#CCC(NCCC)c1sccc1C. The van der Waals surface area contributed by atoms with Crippen LogP contribution in [0, 0.1) is 18.8 Å². The fourth-order valence-electron chi connectivity index (χ4n) is 1.52. The van der Waals surface area contributed by atoms with E-state index in [2.05, 4.69) is 42.5 Å². The first-order valence-electron chi connectivity index (χ1n) is 5.46. The van der Waals surface area contributed by atoms with Crippen molar-refractivity contribution in [2.45, 2.75) is 39.7 Å². The highest BCUT2D eigenvalue weighted by Crippen LogP contribution is 2.25. The van der Waals surface area contributed by atoms with E-state index in [0.29, 0.717) is 6.04 Å². The van der Waals surface area contributed by atoms with E-state index in [0.717, 1.165) is 13.0 Å². The minimum Gasteiger partial charge on any atom is -0.308 e. The Morgan fingerprint density at radius 1 is 1.53 bits per heavy atom. The fourth-order valence-corrected chi connectivity index (χ4v) is 2.53. The van der Waals surface area contributed by atoms with Gasteiger partial charge in [-0.05, 0) is 43.8 Å². The predicted octanol–water partition coefficient (Wildman–Crippen LogP) is 3.51. The molecule has 0 aromatic carbocycles. The summed E-state index contributed by atoms with van der Waals surface area (Å²) >= 11 is 1.83. The zero-order chi connectivity index (χ0) is 11.1. The van der Waals surface area contributed by atoms with Gasteiger partial charge in [-0.1, -0.05) is 6.92 Å². The minimum absolute atomic E-state index is 0.414. The van der Waals surface area contributed by atoms with Crippen LogP contribution in [0.2, 0.25) is 0 Å². The second kappa shape index (κ2) is 6.66. The third kappa shape index (κ3) is 3.70. The van der Waals surface area contributed by atoms with Crippen molar-refractivity contribution in [2.24, 2.45) is 0 Å². The summed E-state index contributed by atoms with van der Waals surface area (Å²) in [5, 5.41) is 5.71. The molecule has 0 saturated carbocycles. The lowest BCUT2D eigenvalue weighted by molar-refractivity contribution is 0.548. The van der Waals surface area contributed by atoms with Crippen molar-refractivity contribution in [2.75, 3.05) is 6.54 Å². The Bertz CT molecular complexity index is 343. The maximum atomic E-state index is 3.56. The number of hydrogen-bond donors (Lipinski definition) is 1. The molecule has 0 radical (unpaired) electrons. The second-order valence-corrected chi connectivity index (χ2v) is 4.55. The van der Waals surface area contributed by atoms with Gasteiger partial charge in [-0.3, -0.25) is 0 Å². The molecule has 0 bridgehead atoms. The highest BCUT2D eigenvalue weighted by Gasteiger charge is 2.12. The van der Waals surface area contributed by atoms with Crippen molar-refractivity contribution in [3.8, 4) is 11.8 Å². The summed E-state index contributed by atoms with van der Waals surface area (Å²) in [6, 6.07) is 2.59. The van der Waals surface area contributed by atoms with Gasteiger partial charge < -0.3 is 5.32 Å². The van der Waals surface area contributed by atoms with Crippen LogP contribution in [0.5, 0.6) is 0 Å². The molecular weight excluding hydrogens is 202 g/mol. The van der Waals surface area contributed by atoms with E-state index >= 15 is 0 Å². The molecule has 1 heterocycles. The molecule has 1 rings (SSSR count). The molecule has 1 N–H and O–H groups in total. The molecule has 0 saturated heterocycles. The van der Waals surface area contributed by atoms with Gasteiger partial charge in [0.15, 0.2) is 0 Å². The van der Waals surface area contributed by atoms with E-state index in [1.54, 1.807) is 0 Å². The summed E-state index contributed by atoms with van der Waals surface area (Å²) in [7, 11) is 0. The van der Waals surface area contributed by atoms with E-state index in [1.165, 1.54) is 16.9 Å². The van der Waals surface area contributed by atoms with Gasteiger partial charge in [-0.15, -0.1) is 23.2 Å². The van der Waals surface area contributed by atoms with Crippen LogP contribution in [0.1, 0.15) is 43.2 Å². The van der Waals surface area contributed by atoms with E-state index in [-0.39, 0.29) is 0 Å². The quantitative estimate of drug-likeness (QED) is 0.750. The van der Waals surface area contributed by atoms with Gasteiger partial charge in [0.25, 0.3) is 0 Å². The molecule has 0 aliphatic rings. The Labute approximate surface area is 96.9 Å². The Balaban J connectivity index is 2.70. The minimum atomic E-state index is 0.414. The van der Waals surface area contributed by atoms with Crippen LogP contribution in [-0.4, -0.2) is 6.54 Å². The Morgan fingerprint density at radius 2 is 2.33 bits per heavy atom. The van der Waals surface area contributed by atoms with Crippen LogP contribution < -0.4 is 5.32 Å². The van der Waals surface area contributed by atoms with Crippen LogP contribution in [0.3, 0.4) is 0 Å². The predicted molar refractivity (Wildman–Crippen MR) is 68.2 cm³/mol. The molecule has 0 amide bonds. The topological polar surface area (TPSA) is 12.0 Å². The molecule has 1 aromatic rings. The van der Waals surface area contributed by atoms with Crippen LogP contribution in [0.25, 0.3) is 0 Å². The van der Waals surface area contributed by atoms with Gasteiger partial charge in [-0.2, -0.15) is 0 Å². The standard InChI is InChI=1S/C13H19NS/c1-4-6-7-12(14-9-5-2)13-11(3)8-10-15-13/h8,10,12,14H,5,7,9H2,1-3H3. The molecule has 0 aliphatic heterocycles. The van der Waals surface area contributed by atoms with Crippen molar-refractivity contribution in [3.05, 3.63) is 21.9 Å². The van der Waals surface area contributed by atoms with Crippen LogP contribution in [0.15, 0.2) is 11.4 Å². The van der Waals surface area contributed by atoms with Gasteiger partial charge in [0.1, 0.15) is 0 Å². The highest BCUT2D eigenvalue weighted by molar-refractivity contribution is 7.10. The van der Waals surface area contributed by atoms with Gasteiger partial charge in [0.2, 0.25) is 0 Å². The maximum Gasteiger partial charge on any atom is 0.0528 e. The van der Waals surface area contributed by atoms with E-state index in [9.17, 15) is 0 Å². The van der Waals surface area contributed by atoms with Crippen LogP contribution in [-0.2, 0) is 0 Å². The van der Waals surface area contributed by atoms with Gasteiger partial charge >= 0.3 is 0 Å². The summed E-state index contributed by atoms with van der Waals surface area (Å²) in [5.74, 6) is 6.14. The van der Waals surface area contributed by atoms with E-state index in [1.807, 2.05) is 18.3 Å². The van der Waals surface area contributed by atoms with Crippen LogP contribution >= 0.6 is 11.3 Å². The third-order valence-corrected chi connectivity index (χ3v) is 3.47. The first-order valence-corrected chi connectivity index (χ1v) is 6.34. The number of aryl methyl sites for hydroxylation is 1. The zero-order valence-electron chi connectivity index (χ0n) is 9.76. The molecule has 1 atom stereocenters. The Hall–Kier alpha value is -0.780. The number of nitrogens with one attached hydrogen (secondary N) is 1. The molecule has 0 spiro atoms. The molecule has 1 nitrogen and oxygen atoms in total. The highest BCUT2D eigenvalue weighted by atomic mass is 32.1. The van der Waals surface area contributed by atoms with Crippen molar-refractivity contribution in [1.29, 1.82) is 0 Å².